The number of halogens is 2. The number of ether oxygens (including phenoxy) is 3. The van der Waals surface area contributed by atoms with Crippen LogP contribution in [0.4, 0.5) is 23.2 Å². The predicted octanol–water partition coefficient (Wildman–Crippen LogP) is 5.51. The average Bonchev–Trinajstić information content (AvgIpc) is 3.38. The maximum Gasteiger partial charge on any atom is 0.420 e. The molecule has 3 rings (SSSR count). The summed E-state index contributed by atoms with van der Waals surface area (Å²) in [6.07, 6.45) is -4.40. The first kappa shape index (κ1) is 42.2. The lowest BCUT2D eigenvalue weighted by Gasteiger charge is -2.27. The zero-order chi connectivity index (χ0) is 38.7. The van der Waals surface area contributed by atoms with Crippen molar-refractivity contribution in [1.29, 1.82) is 0 Å². The van der Waals surface area contributed by atoms with Gasteiger partial charge in [-0.2, -0.15) is 0 Å². The van der Waals surface area contributed by atoms with Gasteiger partial charge in [-0.25, -0.2) is 28.1 Å². The number of rotatable bonds is 10. The molecule has 1 heterocycles. The lowest BCUT2D eigenvalue weighted by atomic mass is 9.93. The second kappa shape index (κ2) is 17.8. The molecule has 0 aliphatic carbocycles. The van der Waals surface area contributed by atoms with E-state index in [9.17, 15) is 32.8 Å². The first-order chi connectivity index (χ1) is 23.4. The molecule has 1 aliphatic rings. The van der Waals surface area contributed by atoms with Gasteiger partial charge in [-0.1, -0.05) is 31.5 Å². The van der Waals surface area contributed by atoms with E-state index in [4.69, 9.17) is 19.3 Å². The summed E-state index contributed by atoms with van der Waals surface area (Å²) in [5.74, 6) is -2.13. The molecule has 4 N–H and O–H groups in total. The largest absolute Gasteiger partial charge is 0.508 e. The Bertz CT molecular complexity index is 1520. The van der Waals surface area contributed by atoms with Crippen LogP contribution in [0.2, 0.25) is 0 Å². The molecule has 15 heteroatoms. The molecular formula is C36H50F2N4O9. The van der Waals surface area contributed by atoms with Crippen LogP contribution in [-0.2, 0) is 30.2 Å². The fourth-order valence-corrected chi connectivity index (χ4v) is 4.36. The van der Waals surface area contributed by atoms with Gasteiger partial charge >= 0.3 is 18.3 Å². The zero-order valence-electron chi connectivity index (χ0n) is 30.6. The molecule has 13 nitrogen and oxygen atoms in total. The molecule has 2 atom stereocenters. The third kappa shape index (κ3) is 16.1. The minimum absolute atomic E-state index is 0.0188. The molecule has 2 aromatic rings. The molecule has 1 fully saturated rings. The van der Waals surface area contributed by atoms with Crippen LogP contribution in [0.25, 0.3) is 0 Å². The fraction of sp³-hybridized carbons (Fsp3) is 0.528. The van der Waals surface area contributed by atoms with E-state index < -0.39 is 70.5 Å². The number of nitrogens with zero attached hydrogens (tertiary/aromatic N) is 1. The lowest BCUT2D eigenvalue weighted by Crippen LogP contribution is -2.47. The van der Waals surface area contributed by atoms with E-state index in [2.05, 4.69) is 16.0 Å². The number of phenols is 1. The van der Waals surface area contributed by atoms with Crippen LogP contribution < -0.4 is 16.0 Å². The van der Waals surface area contributed by atoms with Gasteiger partial charge in [-0.05, 0) is 96.2 Å². The normalized spacial score (nSPS) is 15.1. The summed E-state index contributed by atoms with van der Waals surface area (Å²) in [5.41, 5.74) is -1.19. The molecule has 5 amide bonds. The van der Waals surface area contributed by atoms with Crippen LogP contribution in [-0.4, -0.2) is 83.1 Å². The van der Waals surface area contributed by atoms with Crippen LogP contribution in [0.1, 0.15) is 72.9 Å². The van der Waals surface area contributed by atoms with Crippen molar-refractivity contribution in [3.8, 4) is 5.75 Å². The summed E-state index contributed by atoms with van der Waals surface area (Å²) in [7, 11) is 0. The predicted molar refractivity (Wildman–Crippen MR) is 184 cm³/mol. The number of hydrogen-bond acceptors (Lipinski definition) is 9. The fourth-order valence-electron chi connectivity index (χ4n) is 4.36. The Morgan fingerprint density at radius 3 is 2.08 bits per heavy atom. The third-order valence-electron chi connectivity index (χ3n) is 6.88. The first-order valence-electron chi connectivity index (χ1n) is 16.4. The number of aromatic hydroxyl groups is 1. The highest BCUT2D eigenvalue weighted by Gasteiger charge is 2.42. The SMILES string of the molecule is CC(C)(CNC(=O)C[C@@H](Cc1cc(F)ccc1F)NC(=O)OC(C)(C)C)CNC(=O)[C@@H]1CN(C(=O)OC(C)(C)C)C(=O)O1.Cc1ccc(O)cc1. The van der Waals surface area contributed by atoms with Crippen molar-refractivity contribution in [3.05, 3.63) is 65.2 Å². The van der Waals surface area contributed by atoms with Gasteiger partial charge in [-0.3, -0.25) is 9.59 Å². The number of hydrogen-bond donors (Lipinski definition) is 4. The number of carbonyl (C=O) groups is 5. The molecule has 0 bridgehead atoms. The van der Waals surface area contributed by atoms with E-state index in [1.165, 1.54) is 5.56 Å². The molecule has 0 saturated carbocycles. The number of nitrogens with one attached hydrogen (secondary N) is 3. The number of alkyl carbamates (subject to hydrolysis) is 1. The number of amides is 5. The monoisotopic (exact) mass is 720 g/mol. The third-order valence-corrected chi connectivity index (χ3v) is 6.88. The van der Waals surface area contributed by atoms with Crippen molar-refractivity contribution in [2.24, 2.45) is 5.41 Å². The maximum atomic E-state index is 14.3. The van der Waals surface area contributed by atoms with Gasteiger partial charge in [0.05, 0.1) is 6.54 Å². The summed E-state index contributed by atoms with van der Waals surface area (Å²) >= 11 is 0. The van der Waals surface area contributed by atoms with Gasteiger partial charge in [0.2, 0.25) is 5.91 Å². The number of imide groups is 1. The van der Waals surface area contributed by atoms with E-state index in [0.29, 0.717) is 10.6 Å². The highest BCUT2D eigenvalue weighted by molar-refractivity contribution is 5.94. The Morgan fingerprint density at radius 2 is 1.51 bits per heavy atom. The van der Waals surface area contributed by atoms with Crippen LogP contribution >= 0.6 is 0 Å². The second-order valence-corrected chi connectivity index (χ2v) is 14.9. The van der Waals surface area contributed by atoms with Gasteiger partial charge < -0.3 is 35.3 Å². The second-order valence-electron chi connectivity index (χ2n) is 14.9. The number of aryl methyl sites for hydroxylation is 1. The summed E-state index contributed by atoms with van der Waals surface area (Å²) < 4.78 is 43.4. The van der Waals surface area contributed by atoms with E-state index >= 15 is 0 Å². The van der Waals surface area contributed by atoms with Crippen LogP contribution in [0.5, 0.6) is 5.75 Å². The maximum absolute atomic E-state index is 14.3. The summed E-state index contributed by atoms with van der Waals surface area (Å²) in [6.45, 7) is 15.3. The Hall–Kier alpha value is -4.95. The van der Waals surface area contributed by atoms with Crippen molar-refractivity contribution in [2.45, 2.75) is 98.5 Å². The van der Waals surface area contributed by atoms with Crippen LogP contribution in [0.3, 0.4) is 0 Å². The highest BCUT2D eigenvalue weighted by Crippen LogP contribution is 2.19. The van der Waals surface area contributed by atoms with E-state index in [1.54, 1.807) is 67.5 Å². The quantitative estimate of drug-likeness (QED) is 0.231. The minimum atomic E-state index is -1.23. The smallest absolute Gasteiger partial charge is 0.420 e. The summed E-state index contributed by atoms with van der Waals surface area (Å²) in [5, 5.41) is 16.7. The zero-order valence-corrected chi connectivity index (χ0v) is 30.6. The average molecular weight is 721 g/mol. The molecule has 51 heavy (non-hydrogen) atoms. The van der Waals surface area contributed by atoms with Crippen LogP contribution in [0, 0.1) is 24.0 Å². The molecule has 0 radical (unpaired) electrons. The van der Waals surface area contributed by atoms with Gasteiger partial charge in [0.1, 0.15) is 28.6 Å². The molecule has 2 aromatic carbocycles. The van der Waals surface area contributed by atoms with E-state index in [0.717, 1.165) is 18.2 Å². The standard InChI is InChI=1S/C29H42F2N4O8.C7H8O/c1-27(2,3)42-24(38)34-19(12-17-11-18(30)9-10-20(17)31)13-22(36)32-15-29(7,8)16-33-23(37)21-14-35(25(39)41-21)26(40)43-28(4,5)6;1-6-2-4-7(8)5-3-6/h9-11,19,21H,12-16H2,1-8H3,(H,32,36)(H,33,37)(H,34,38);2-5,8H,1H3/t19-,21+;/m1./s1. The number of benzene rings is 2. The van der Waals surface area contributed by atoms with Crippen LogP contribution in [0.15, 0.2) is 42.5 Å². The molecule has 0 unspecified atom stereocenters. The Labute approximate surface area is 297 Å². The van der Waals surface area contributed by atoms with Crippen molar-refractivity contribution >= 4 is 30.1 Å². The van der Waals surface area contributed by atoms with Gasteiger partial charge in [-0.15, -0.1) is 0 Å². The van der Waals surface area contributed by atoms with E-state index in [-0.39, 0.29) is 38.0 Å². The number of carbonyl (C=O) groups excluding carboxylic acids is 5. The molecule has 0 spiro atoms. The van der Waals surface area contributed by atoms with Crippen molar-refractivity contribution < 1.29 is 52.1 Å². The molecule has 0 aromatic heterocycles. The number of phenolic OH excluding ortho intramolecular Hbond substituents is 1. The van der Waals surface area contributed by atoms with Gasteiger partial charge in [0.15, 0.2) is 6.10 Å². The van der Waals surface area contributed by atoms with Crippen molar-refractivity contribution in [1.82, 2.24) is 20.9 Å². The minimum Gasteiger partial charge on any atom is -0.508 e. The molecule has 1 saturated heterocycles. The number of cyclic esters (lactones) is 1. The van der Waals surface area contributed by atoms with Gasteiger partial charge in [0.25, 0.3) is 5.91 Å². The Morgan fingerprint density at radius 1 is 0.922 bits per heavy atom. The van der Waals surface area contributed by atoms with E-state index in [1.807, 2.05) is 19.1 Å². The summed E-state index contributed by atoms with van der Waals surface area (Å²) in [4.78, 5) is 62.8. The lowest BCUT2D eigenvalue weighted by molar-refractivity contribution is -0.128. The Balaban J connectivity index is 0.000000986. The molecule has 282 valence electrons. The topological polar surface area (TPSA) is 173 Å². The van der Waals surface area contributed by atoms with Crippen molar-refractivity contribution in [3.63, 3.8) is 0 Å². The van der Waals surface area contributed by atoms with Crippen molar-refractivity contribution in [2.75, 3.05) is 19.6 Å². The molecule has 1 aliphatic heterocycles. The Kier molecular flexibility index (Phi) is 14.7. The summed E-state index contributed by atoms with van der Waals surface area (Å²) in [6, 6.07) is 9.11. The molecular weight excluding hydrogens is 670 g/mol. The highest BCUT2D eigenvalue weighted by atomic mass is 19.1. The first-order valence-corrected chi connectivity index (χ1v) is 16.4. The van der Waals surface area contributed by atoms with Gasteiger partial charge in [0, 0.05) is 25.6 Å².